The molecule has 1 aliphatic rings. The predicted octanol–water partition coefficient (Wildman–Crippen LogP) is -0.0742. The van der Waals surface area contributed by atoms with Gasteiger partial charge < -0.3 is 31.5 Å². The highest BCUT2D eigenvalue weighted by atomic mass is 16.4. The zero-order valence-electron chi connectivity index (χ0n) is 19.2. The Morgan fingerprint density at radius 3 is 2.22 bits per heavy atom. The van der Waals surface area contributed by atoms with Gasteiger partial charge in [-0.05, 0) is 31.1 Å². The largest absolute Gasteiger partial charge is 0.481 e. The Morgan fingerprint density at radius 2 is 1.72 bits per heavy atom. The lowest BCUT2D eigenvalue weighted by Gasteiger charge is -2.30. The summed E-state index contributed by atoms with van der Waals surface area (Å²) in [6.07, 6.45) is 0.906. The van der Waals surface area contributed by atoms with E-state index in [1.54, 1.807) is 20.8 Å². The van der Waals surface area contributed by atoms with Crippen molar-refractivity contribution in [3.05, 3.63) is 0 Å². The van der Waals surface area contributed by atoms with E-state index in [0.29, 0.717) is 19.3 Å². The Labute approximate surface area is 188 Å². The van der Waals surface area contributed by atoms with E-state index in [2.05, 4.69) is 10.6 Å². The van der Waals surface area contributed by atoms with Gasteiger partial charge in [0.2, 0.25) is 17.7 Å². The van der Waals surface area contributed by atoms with E-state index < -0.39 is 53.8 Å². The molecule has 0 aromatic carbocycles. The summed E-state index contributed by atoms with van der Waals surface area (Å²) in [6, 6.07) is -4.01. The molecule has 182 valence electrons. The lowest BCUT2D eigenvalue weighted by Crippen LogP contribution is -2.57. The maximum atomic E-state index is 13.2. The highest BCUT2D eigenvalue weighted by Gasteiger charge is 2.39. The smallest absolute Gasteiger partial charge is 0.326 e. The van der Waals surface area contributed by atoms with E-state index in [9.17, 15) is 29.1 Å². The number of nitrogens with two attached hydrogens (primary N) is 1. The Bertz CT molecular complexity index is 712. The van der Waals surface area contributed by atoms with Crippen LogP contribution in [-0.2, 0) is 24.0 Å². The minimum Gasteiger partial charge on any atom is -0.481 e. The van der Waals surface area contributed by atoms with Crippen LogP contribution in [0.1, 0.15) is 59.8 Å². The average molecular weight is 457 g/mol. The maximum Gasteiger partial charge on any atom is 0.326 e. The molecule has 11 heteroatoms. The third kappa shape index (κ3) is 7.47. The number of carbonyl (C=O) groups is 5. The van der Waals surface area contributed by atoms with E-state index >= 15 is 0 Å². The van der Waals surface area contributed by atoms with E-state index in [-0.39, 0.29) is 31.2 Å². The standard InChI is InChI=1S/C21H36N4O7/c1-5-12(4)17(21(31)32)24-18(28)14-7-6-10-25(14)20(30)13(8-9-15(26)27)23-19(29)16(22)11(2)3/h11-14,16-17H,5-10,22H2,1-4H3,(H,23,29)(H,24,28)(H,26,27)(H,31,32). The first-order valence-corrected chi connectivity index (χ1v) is 11.0. The summed E-state index contributed by atoms with van der Waals surface area (Å²) < 4.78 is 0. The van der Waals surface area contributed by atoms with Crippen LogP contribution in [0, 0.1) is 11.8 Å². The number of rotatable bonds is 12. The molecule has 1 rings (SSSR count). The van der Waals surface area contributed by atoms with Crippen LogP contribution in [0.4, 0.5) is 0 Å². The summed E-state index contributed by atoms with van der Waals surface area (Å²) in [6.45, 7) is 7.26. The third-order valence-corrected chi connectivity index (χ3v) is 5.90. The zero-order valence-corrected chi connectivity index (χ0v) is 19.2. The fraction of sp³-hybridized carbons (Fsp3) is 0.762. The first-order chi connectivity index (χ1) is 14.9. The molecule has 5 atom stereocenters. The fourth-order valence-corrected chi connectivity index (χ4v) is 3.53. The van der Waals surface area contributed by atoms with Gasteiger partial charge in [-0.2, -0.15) is 0 Å². The fourth-order valence-electron chi connectivity index (χ4n) is 3.53. The molecule has 6 N–H and O–H groups in total. The molecule has 1 fully saturated rings. The van der Waals surface area contributed by atoms with Crippen molar-refractivity contribution in [2.75, 3.05) is 6.54 Å². The summed E-state index contributed by atoms with van der Waals surface area (Å²) in [5.41, 5.74) is 5.85. The minimum absolute atomic E-state index is 0.153. The first-order valence-electron chi connectivity index (χ1n) is 11.0. The third-order valence-electron chi connectivity index (χ3n) is 5.90. The normalized spacial score (nSPS) is 19.7. The average Bonchev–Trinajstić information content (AvgIpc) is 3.22. The Morgan fingerprint density at radius 1 is 1.09 bits per heavy atom. The van der Waals surface area contributed by atoms with E-state index in [4.69, 9.17) is 10.8 Å². The molecule has 1 aliphatic heterocycles. The Balaban J connectivity index is 3.01. The number of aliphatic carboxylic acids is 2. The molecule has 0 aromatic rings. The Kier molecular flexibility index (Phi) is 10.6. The van der Waals surface area contributed by atoms with Crippen molar-refractivity contribution in [3.63, 3.8) is 0 Å². The van der Waals surface area contributed by atoms with Crippen LogP contribution in [0.5, 0.6) is 0 Å². The van der Waals surface area contributed by atoms with Gasteiger partial charge in [-0.15, -0.1) is 0 Å². The first kappa shape index (κ1) is 27.3. The molecule has 1 saturated heterocycles. The van der Waals surface area contributed by atoms with Crippen molar-refractivity contribution < 1.29 is 34.2 Å². The van der Waals surface area contributed by atoms with Gasteiger partial charge in [-0.1, -0.05) is 34.1 Å². The number of carboxylic acids is 2. The summed E-state index contributed by atoms with van der Waals surface area (Å²) in [5.74, 6) is -4.51. The van der Waals surface area contributed by atoms with Gasteiger partial charge >= 0.3 is 11.9 Å². The highest BCUT2D eigenvalue weighted by molar-refractivity contribution is 5.94. The number of likely N-dealkylation sites (tertiary alicyclic amines) is 1. The van der Waals surface area contributed by atoms with Crippen molar-refractivity contribution in [2.45, 2.75) is 84.0 Å². The summed E-state index contributed by atoms with van der Waals surface area (Å²) in [5, 5.41) is 23.5. The van der Waals surface area contributed by atoms with Crippen LogP contribution < -0.4 is 16.4 Å². The zero-order chi connectivity index (χ0) is 24.6. The van der Waals surface area contributed by atoms with Gasteiger partial charge in [0.25, 0.3) is 0 Å². The summed E-state index contributed by atoms with van der Waals surface area (Å²) >= 11 is 0. The lowest BCUT2D eigenvalue weighted by molar-refractivity contribution is -0.146. The monoisotopic (exact) mass is 456 g/mol. The van der Waals surface area contributed by atoms with E-state index in [1.807, 2.05) is 6.92 Å². The number of nitrogens with one attached hydrogen (secondary N) is 2. The van der Waals surface area contributed by atoms with Crippen molar-refractivity contribution >= 4 is 29.7 Å². The van der Waals surface area contributed by atoms with Crippen LogP contribution in [0.2, 0.25) is 0 Å². The van der Waals surface area contributed by atoms with Gasteiger partial charge in [0.15, 0.2) is 0 Å². The second-order valence-electron chi connectivity index (χ2n) is 8.66. The summed E-state index contributed by atoms with van der Waals surface area (Å²) in [7, 11) is 0. The van der Waals surface area contributed by atoms with E-state index in [1.165, 1.54) is 4.90 Å². The van der Waals surface area contributed by atoms with Gasteiger partial charge in [0, 0.05) is 13.0 Å². The topological polar surface area (TPSA) is 179 Å². The maximum absolute atomic E-state index is 13.2. The Hall–Kier alpha value is -2.69. The molecule has 11 nitrogen and oxygen atoms in total. The molecule has 5 unspecified atom stereocenters. The number of amides is 3. The van der Waals surface area contributed by atoms with Crippen molar-refractivity contribution in [1.82, 2.24) is 15.5 Å². The quantitative estimate of drug-likeness (QED) is 0.270. The molecule has 0 aromatic heterocycles. The number of carboxylic acid groups (broad SMARTS) is 2. The van der Waals surface area contributed by atoms with Crippen molar-refractivity contribution in [3.8, 4) is 0 Å². The number of hydrogen-bond acceptors (Lipinski definition) is 6. The van der Waals surface area contributed by atoms with Crippen LogP contribution >= 0.6 is 0 Å². The molecule has 0 saturated carbocycles. The minimum atomic E-state index is -1.15. The molecule has 32 heavy (non-hydrogen) atoms. The van der Waals surface area contributed by atoms with Crippen LogP contribution in [-0.4, -0.2) is 75.5 Å². The van der Waals surface area contributed by atoms with E-state index in [0.717, 1.165) is 0 Å². The molecule has 0 spiro atoms. The molecule has 0 radical (unpaired) electrons. The molecule has 1 heterocycles. The molecular weight excluding hydrogens is 420 g/mol. The van der Waals surface area contributed by atoms with Crippen LogP contribution in [0.25, 0.3) is 0 Å². The molecule has 3 amide bonds. The molecular formula is C21H36N4O7. The van der Waals surface area contributed by atoms with Gasteiger partial charge in [-0.3, -0.25) is 19.2 Å². The number of carbonyl (C=O) groups excluding carboxylic acids is 3. The predicted molar refractivity (Wildman–Crippen MR) is 115 cm³/mol. The summed E-state index contributed by atoms with van der Waals surface area (Å²) in [4.78, 5) is 62.3. The number of hydrogen-bond donors (Lipinski definition) is 5. The SMILES string of the molecule is CCC(C)C(NC(=O)C1CCCN1C(=O)C(CCC(=O)O)NC(=O)C(N)C(C)C)C(=O)O. The second-order valence-corrected chi connectivity index (χ2v) is 8.66. The highest BCUT2D eigenvalue weighted by Crippen LogP contribution is 2.21. The van der Waals surface area contributed by atoms with Gasteiger partial charge in [-0.25, -0.2) is 4.79 Å². The molecule has 0 bridgehead atoms. The van der Waals surface area contributed by atoms with Crippen molar-refractivity contribution in [1.29, 1.82) is 0 Å². The van der Waals surface area contributed by atoms with Crippen molar-refractivity contribution in [2.24, 2.45) is 17.6 Å². The number of nitrogens with zero attached hydrogens (tertiary/aromatic N) is 1. The van der Waals surface area contributed by atoms with Gasteiger partial charge in [0.1, 0.15) is 18.1 Å². The van der Waals surface area contributed by atoms with Crippen LogP contribution in [0.15, 0.2) is 0 Å². The molecule has 0 aliphatic carbocycles. The van der Waals surface area contributed by atoms with Gasteiger partial charge in [0.05, 0.1) is 6.04 Å². The lowest BCUT2D eigenvalue weighted by atomic mass is 9.98. The van der Waals surface area contributed by atoms with Crippen LogP contribution in [0.3, 0.4) is 0 Å². The second kappa shape index (κ2) is 12.4.